The first kappa shape index (κ1) is 15.7. The molecule has 0 aromatic carbocycles. The molecule has 3 nitrogen and oxygen atoms in total. The van der Waals surface area contributed by atoms with Crippen molar-refractivity contribution in [3.05, 3.63) is 0 Å². The van der Waals surface area contributed by atoms with Crippen molar-refractivity contribution < 1.29 is 14.0 Å². The maximum absolute atomic E-state index is 11.9. The molecule has 0 saturated heterocycles. The molecule has 0 aromatic heterocycles. The summed E-state index contributed by atoms with van der Waals surface area (Å²) >= 11 is 0. The second kappa shape index (κ2) is 6.20. The highest BCUT2D eigenvalue weighted by molar-refractivity contribution is 6.69. The molecule has 106 valence electrons. The minimum Gasteiger partial charge on any atom is -0.466 e. The van der Waals surface area contributed by atoms with E-state index in [-0.39, 0.29) is 11.6 Å². The van der Waals surface area contributed by atoms with Gasteiger partial charge in [0.05, 0.1) is 18.6 Å². The van der Waals surface area contributed by atoms with Gasteiger partial charge in [0.25, 0.3) is 0 Å². The quantitative estimate of drug-likeness (QED) is 0.565. The Morgan fingerprint density at radius 2 is 2.00 bits per heavy atom. The maximum atomic E-state index is 11.9. The lowest BCUT2D eigenvalue weighted by Crippen LogP contribution is -2.50. The van der Waals surface area contributed by atoms with E-state index >= 15 is 0 Å². The Hall–Kier alpha value is -0.353. The highest BCUT2D eigenvalue weighted by atomic mass is 28.4. The summed E-state index contributed by atoms with van der Waals surface area (Å²) in [4.78, 5) is 11.9. The summed E-state index contributed by atoms with van der Waals surface area (Å²) < 4.78 is 11.6. The monoisotopic (exact) mass is 272 g/mol. The van der Waals surface area contributed by atoms with Gasteiger partial charge in [-0.1, -0.05) is 19.8 Å². The first-order valence-corrected chi connectivity index (χ1v) is 10.6. The van der Waals surface area contributed by atoms with Crippen LogP contribution in [0.5, 0.6) is 0 Å². The van der Waals surface area contributed by atoms with Crippen molar-refractivity contribution in [2.45, 2.75) is 71.2 Å². The van der Waals surface area contributed by atoms with E-state index in [1.54, 1.807) is 0 Å². The lowest BCUT2D eigenvalue weighted by Gasteiger charge is -2.46. The average Bonchev–Trinajstić information content (AvgIpc) is 2.20. The number of carbonyl (C=O) groups is 1. The largest absolute Gasteiger partial charge is 0.466 e. The molecule has 4 heteroatoms. The van der Waals surface area contributed by atoms with Crippen LogP contribution >= 0.6 is 0 Å². The molecule has 0 N–H and O–H groups in total. The molecule has 0 aromatic rings. The zero-order valence-electron chi connectivity index (χ0n) is 12.5. The lowest BCUT2D eigenvalue weighted by atomic mass is 9.74. The Bertz CT molecular complexity index is 285. The fourth-order valence-electron chi connectivity index (χ4n) is 2.90. The summed E-state index contributed by atoms with van der Waals surface area (Å²) in [5, 5.41) is 0. The topological polar surface area (TPSA) is 35.5 Å². The number of rotatable bonds is 5. The molecular formula is C14H28O3Si. The van der Waals surface area contributed by atoms with Crippen molar-refractivity contribution in [2.24, 2.45) is 5.92 Å². The number of ether oxygens (including phenoxy) is 1. The van der Waals surface area contributed by atoms with Gasteiger partial charge in [-0.25, -0.2) is 0 Å². The number of hydrogen-bond acceptors (Lipinski definition) is 3. The summed E-state index contributed by atoms with van der Waals surface area (Å²) in [6, 6.07) is 0. The lowest BCUT2D eigenvalue weighted by molar-refractivity contribution is -0.151. The minimum absolute atomic E-state index is 0.107. The van der Waals surface area contributed by atoms with Crippen molar-refractivity contribution in [1.29, 1.82) is 0 Å². The van der Waals surface area contributed by atoms with Crippen LogP contribution in [0.1, 0.15) is 46.0 Å². The van der Waals surface area contributed by atoms with Crippen molar-refractivity contribution in [3.8, 4) is 0 Å². The smallest absolute Gasteiger partial charge is 0.308 e. The van der Waals surface area contributed by atoms with Gasteiger partial charge in [-0.3, -0.25) is 4.79 Å². The number of carbonyl (C=O) groups excluding carboxylic acids is 1. The van der Waals surface area contributed by atoms with Crippen molar-refractivity contribution >= 4 is 14.3 Å². The predicted octanol–water partition coefficient (Wildman–Crippen LogP) is 3.74. The number of esters is 1. The van der Waals surface area contributed by atoms with Gasteiger partial charge in [-0.05, 0) is 45.3 Å². The van der Waals surface area contributed by atoms with Crippen LogP contribution in [-0.4, -0.2) is 26.5 Å². The Balaban J connectivity index is 2.82. The highest BCUT2D eigenvalue weighted by Gasteiger charge is 2.44. The zero-order valence-corrected chi connectivity index (χ0v) is 13.5. The van der Waals surface area contributed by atoms with Gasteiger partial charge >= 0.3 is 5.97 Å². The van der Waals surface area contributed by atoms with Crippen molar-refractivity contribution in [1.82, 2.24) is 0 Å². The Labute approximate surface area is 112 Å². The van der Waals surface area contributed by atoms with Crippen LogP contribution in [0.25, 0.3) is 0 Å². The molecule has 0 heterocycles. The first-order chi connectivity index (χ1) is 8.29. The van der Waals surface area contributed by atoms with Gasteiger partial charge in [0.15, 0.2) is 8.32 Å². The van der Waals surface area contributed by atoms with Gasteiger partial charge in [0.1, 0.15) is 0 Å². The van der Waals surface area contributed by atoms with Crippen LogP contribution < -0.4 is 0 Å². The van der Waals surface area contributed by atoms with Crippen LogP contribution in [0, 0.1) is 5.92 Å². The summed E-state index contributed by atoms with van der Waals surface area (Å²) in [7, 11) is -1.66. The van der Waals surface area contributed by atoms with E-state index in [2.05, 4.69) is 26.6 Å². The fraction of sp³-hybridized carbons (Fsp3) is 0.929. The third-order valence-electron chi connectivity index (χ3n) is 3.64. The van der Waals surface area contributed by atoms with Gasteiger partial charge in [0.2, 0.25) is 0 Å². The summed E-state index contributed by atoms with van der Waals surface area (Å²) in [6.45, 7) is 11.1. The predicted molar refractivity (Wildman–Crippen MR) is 76.0 cm³/mol. The van der Waals surface area contributed by atoms with Gasteiger partial charge < -0.3 is 9.16 Å². The number of hydrogen-bond donors (Lipinski definition) is 0. The second-order valence-corrected chi connectivity index (χ2v) is 10.8. The Kier molecular flexibility index (Phi) is 5.41. The molecule has 1 saturated carbocycles. The fourth-order valence-corrected chi connectivity index (χ4v) is 4.50. The minimum atomic E-state index is -1.66. The summed E-state index contributed by atoms with van der Waals surface area (Å²) in [5.41, 5.74) is -0.269. The maximum Gasteiger partial charge on any atom is 0.308 e. The average molecular weight is 272 g/mol. The highest BCUT2D eigenvalue weighted by Crippen LogP contribution is 2.41. The molecule has 2 atom stereocenters. The van der Waals surface area contributed by atoms with Gasteiger partial charge in [-0.2, -0.15) is 0 Å². The van der Waals surface area contributed by atoms with Crippen LogP contribution in [-0.2, 0) is 14.0 Å². The van der Waals surface area contributed by atoms with Crippen LogP contribution in [0.2, 0.25) is 19.6 Å². The summed E-state index contributed by atoms with van der Waals surface area (Å²) in [6.07, 6.45) is 4.99. The van der Waals surface area contributed by atoms with Crippen molar-refractivity contribution in [2.75, 3.05) is 6.61 Å². The van der Waals surface area contributed by atoms with Gasteiger partial charge in [-0.15, -0.1) is 0 Å². The molecule has 0 radical (unpaired) electrons. The Morgan fingerprint density at radius 1 is 1.33 bits per heavy atom. The molecule has 0 bridgehead atoms. The van der Waals surface area contributed by atoms with Crippen molar-refractivity contribution in [3.63, 3.8) is 0 Å². The normalized spacial score (nSPS) is 29.1. The third kappa shape index (κ3) is 4.39. The standard InChI is InChI=1S/C14H28O3Si/c1-6-16-13(15)11-14(17-18(3,4)5)10-8-7-9-12(14)2/h12H,6-11H2,1-5H3/t12-,14-/m0/s1. The molecule has 0 aliphatic heterocycles. The van der Waals surface area contributed by atoms with Crippen LogP contribution in [0.3, 0.4) is 0 Å². The molecule has 1 aliphatic rings. The van der Waals surface area contributed by atoms with E-state index in [4.69, 9.17) is 9.16 Å². The van der Waals surface area contributed by atoms with E-state index < -0.39 is 8.32 Å². The molecule has 1 fully saturated rings. The van der Waals surface area contributed by atoms with E-state index in [9.17, 15) is 4.79 Å². The molecule has 0 amide bonds. The van der Waals surface area contributed by atoms with E-state index in [0.29, 0.717) is 18.9 Å². The van der Waals surface area contributed by atoms with E-state index in [1.165, 1.54) is 6.42 Å². The van der Waals surface area contributed by atoms with Gasteiger partial charge in [0, 0.05) is 0 Å². The zero-order chi connectivity index (χ0) is 13.8. The second-order valence-electron chi connectivity index (χ2n) is 6.41. The molecule has 1 rings (SSSR count). The molecular weight excluding hydrogens is 244 g/mol. The molecule has 0 spiro atoms. The molecule has 1 aliphatic carbocycles. The third-order valence-corrected chi connectivity index (χ3v) is 4.66. The first-order valence-electron chi connectivity index (χ1n) is 7.15. The molecule has 18 heavy (non-hydrogen) atoms. The molecule has 0 unspecified atom stereocenters. The summed E-state index contributed by atoms with van der Waals surface area (Å²) in [5.74, 6) is 0.340. The van der Waals surface area contributed by atoms with Crippen LogP contribution in [0.4, 0.5) is 0 Å². The Morgan fingerprint density at radius 3 is 2.50 bits per heavy atom. The van der Waals surface area contributed by atoms with Crippen LogP contribution in [0.15, 0.2) is 0 Å². The van der Waals surface area contributed by atoms with E-state index in [0.717, 1.165) is 19.3 Å². The SMILES string of the molecule is CCOC(=O)C[C@@]1(O[Si](C)(C)C)CCCC[C@@H]1C. The van der Waals surface area contributed by atoms with E-state index in [1.807, 2.05) is 6.92 Å².